The van der Waals surface area contributed by atoms with Crippen molar-refractivity contribution < 1.29 is 4.79 Å². The smallest absolute Gasteiger partial charge is 0.237 e. The molecule has 2 aliphatic rings. The molecule has 5 heteroatoms. The first-order valence-electron chi connectivity index (χ1n) is 6.63. The molecule has 3 N–H and O–H groups in total. The van der Waals surface area contributed by atoms with Crippen molar-refractivity contribution >= 4 is 5.91 Å². The van der Waals surface area contributed by atoms with Gasteiger partial charge in [0.2, 0.25) is 5.91 Å². The van der Waals surface area contributed by atoms with Crippen LogP contribution < -0.4 is 11.3 Å². The molecule has 0 aromatic carbocycles. The van der Waals surface area contributed by atoms with Crippen LogP contribution in [-0.2, 0) is 4.79 Å². The van der Waals surface area contributed by atoms with E-state index >= 15 is 0 Å². The summed E-state index contributed by atoms with van der Waals surface area (Å²) in [7, 11) is 2.19. The van der Waals surface area contributed by atoms with Crippen LogP contribution in [0.1, 0.15) is 25.7 Å². The minimum atomic E-state index is 0.00743. The first-order valence-corrected chi connectivity index (χ1v) is 6.63. The lowest BCUT2D eigenvalue weighted by molar-refractivity contribution is -0.126. The molecule has 5 nitrogen and oxygen atoms in total. The molecule has 0 aromatic heterocycles. The quantitative estimate of drug-likeness (QED) is 0.398. The van der Waals surface area contributed by atoms with Crippen molar-refractivity contribution in [2.24, 2.45) is 11.8 Å². The Kier molecular flexibility index (Phi) is 4.36. The second kappa shape index (κ2) is 5.80. The molecule has 0 radical (unpaired) electrons. The van der Waals surface area contributed by atoms with Gasteiger partial charge in [0.25, 0.3) is 0 Å². The number of nitrogens with one attached hydrogen (secondary N) is 1. The topological polar surface area (TPSA) is 61.6 Å². The normalized spacial score (nSPS) is 26.0. The summed E-state index contributed by atoms with van der Waals surface area (Å²) in [5.74, 6) is 5.31. The average Bonchev–Trinajstić information content (AvgIpc) is 2.39. The maximum Gasteiger partial charge on any atom is 0.237 e. The SMILES string of the molecule is CN1CCC(N2CCC(C(=O)NN)CC2)CC1. The van der Waals surface area contributed by atoms with Crippen LogP contribution in [0.25, 0.3) is 0 Å². The Hall–Kier alpha value is -0.650. The first-order chi connectivity index (χ1) is 8.20. The summed E-state index contributed by atoms with van der Waals surface area (Å²) in [6.45, 7) is 4.50. The van der Waals surface area contributed by atoms with Crippen molar-refractivity contribution in [3.05, 3.63) is 0 Å². The number of nitrogens with zero attached hydrogens (tertiary/aromatic N) is 2. The molecule has 2 heterocycles. The summed E-state index contributed by atoms with van der Waals surface area (Å²) in [4.78, 5) is 16.4. The number of hydrogen-bond donors (Lipinski definition) is 2. The zero-order chi connectivity index (χ0) is 12.3. The van der Waals surface area contributed by atoms with Crippen LogP contribution in [-0.4, -0.2) is 55.0 Å². The summed E-state index contributed by atoms with van der Waals surface area (Å²) in [6.07, 6.45) is 4.44. The third kappa shape index (κ3) is 3.18. The summed E-state index contributed by atoms with van der Waals surface area (Å²) in [5, 5.41) is 0. The van der Waals surface area contributed by atoms with Gasteiger partial charge in [0.1, 0.15) is 0 Å². The third-order valence-electron chi connectivity index (χ3n) is 4.25. The monoisotopic (exact) mass is 240 g/mol. The molecule has 17 heavy (non-hydrogen) atoms. The number of hydrazine groups is 1. The number of carbonyl (C=O) groups excluding carboxylic acids is 1. The van der Waals surface area contributed by atoms with E-state index in [0.29, 0.717) is 0 Å². The van der Waals surface area contributed by atoms with Crippen molar-refractivity contribution in [2.75, 3.05) is 33.2 Å². The second-order valence-corrected chi connectivity index (χ2v) is 5.35. The van der Waals surface area contributed by atoms with Gasteiger partial charge in [-0.2, -0.15) is 0 Å². The lowest BCUT2D eigenvalue weighted by Gasteiger charge is -2.40. The highest BCUT2D eigenvalue weighted by molar-refractivity contribution is 5.78. The maximum atomic E-state index is 11.4. The Morgan fingerprint density at radius 2 is 1.71 bits per heavy atom. The predicted molar refractivity (Wildman–Crippen MR) is 67.1 cm³/mol. The first kappa shape index (κ1) is 12.8. The Morgan fingerprint density at radius 3 is 2.24 bits per heavy atom. The van der Waals surface area contributed by atoms with E-state index in [2.05, 4.69) is 22.3 Å². The molecular formula is C12H24N4O. The minimum Gasteiger partial charge on any atom is -0.306 e. The van der Waals surface area contributed by atoms with Crippen LogP contribution in [0.2, 0.25) is 0 Å². The van der Waals surface area contributed by atoms with Crippen molar-refractivity contribution in [3.63, 3.8) is 0 Å². The fourth-order valence-corrected chi connectivity index (χ4v) is 3.00. The Labute approximate surface area is 103 Å². The third-order valence-corrected chi connectivity index (χ3v) is 4.25. The van der Waals surface area contributed by atoms with Gasteiger partial charge in [-0.05, 0) is 58.9 Å². The van der Waals surface area contributed by atoms with Crippen LogP contribution in [0.4, 0.5) is 0 Å². The van der Waals surface area contributed by atoms with Gasteiger partial charge in [-0.25, -0.2) is 5.84 Å². The van der Waals surface area contributed by atoms with Crippen LogP contribution in [0.15, 0.2) is 0 Å². The maximum absolute atomic E-state index is 11.4. The van der Waals surface area contributed by atoms with Gasteiger partial charge >= 0.3 is 0 Å². The summed E-state index contributed by atoms with van der Waals surface area (Å²) in [6, 6.07) is 0.730. The van der Waals surface area contributed by atoms with Gasteiger partial charge in [-0.15, -0.1) is 0 Å². The number of carbonyl (C=O) groups is 1. The standard InChI is InChI=1S/C12H24N4O/c1-15-6-4-11(5-7-15)16-8-2-10(3-9-16)12(17)14-13/h10-11H,2-9,13H2,1H3,(H,14,17). The molecule has 2 saturated heterocycles. The van der Waals surface area contributed by atoms with E-state index < -0.39 is 0 Å². The summed E-state index contributed by atoms with van der Waals surface area (Å²) in [5.41, 5.74) is 2.27. The summed E-state index contributed by atoms with van der Waals surface area (Å²) < 4.78 is 0. The molecule has 0 spiro atoms. The number of amides is 1. The predicted octanol–water partition coefficient (Wildman–Crippen LogP) is -0.217. The van der Waals surface area contributed by atoms with Crippen molar-refractivity contribution in [1.82, 2.24) is 15.2 Å². The molecule has 1 amide bonds. The van der Waals surface area contributed by atoms with Gasteiger partial charge in [0, 0.05) is 12.0 Å². The van der Waals surface area contributed by atoms with Crippen LogP contribution >= 0.6 is 0 Å². The van der Waals surface area contributed by atoms with Crippen LogP contribution in [0.5, 0.6) is 0 Å². The molecule has 0 aliphatic carbocycles. The molecular weight excluding hydrogens is 216 g/mol. The van der Waals surface area contributed by atoms with E-state index in [-0.39, 0.29) is 11.8 Å². The zero-order valence-electron chi connectivity index (χ0n) is 10.7. The highest BCUT2D eigenvalue weighted by atomic mass is 16.2. The second-order valence-electron chi connectivity index (χ2n) is 5.35. The zero-order valence-corrected chi connectivity index (χ0v) is 10.7. The Bertz CT molecular complexity index is 255. The van der Waals surface area contributed by atoms with Crippen LogP contribution in [0.3, 0.4) is 0 Å². The lowest BCUT2D eigenvalue weighted by atomic mass is 9.93. The van der Waals surface area contributed by atoms with E-state index in [1.807, 2.05) is 0 Å². The number of piperidine rings is 2. The molecule has 0 aromatic rings. The summed E-state index contributed by atoms with van der Waals surface area (Å²) >= 11 is 0. The molecule has 2 aliphatic heterocycles. The number of nitrogens with two attached hydrogens (primary N) is 1. The van der Waals surface area contributed by atoms with E-state index in [1.54, 1.807) is 0 Å². The van der Waals surface area contributed by atoms with E-state index in [1.165, 1.54) is 25.9 Å². The minimum absolute atomic E-state index is 0.00743. The molecule has 2 fully saturated rings. The Morgan fingerprint density at radius 1 is 1.12 bits per heavy atom. The van der Waals surface area contributed by atoms with Crippen LogP contribution in [0, 0.1) is 5.92 Å². The molecule has 0 bridgehead atoms. The van der Waals surface area contributed by atoms with E-state index in [4.69, 9.17) is 5.84 Å². The molecule has 98 valence electrons. The highest BCUT2D eigenvalue weighted by Crippen LogP contribution is 2.23. The fraction of sp³-hybridized carbons (Fsp3) is 0.917. The number of hydrogen-bond acceptors (Lipinski definition) is 4. The van der Waals surface area contributed by atoms with Gasteiger partial charge in [-0.1, -0.05) is 0 Å². The van der Waals surface area contributed by atoms with Gasteiger partial charge in [0.15, 0.2) is 0 Å². The largest absolute Gasteiger partial charge is 0.306 e. The Balaban J connectivity index is 1.77. The van der Waals surface area contributed by atoms with Gasteiger partial charge in [0.05, 0.1) is 0 Å². The fourth-order valence-electron chi connectivity index (χ4n) is 3.00. The van der Waals surface area contributed by atoms with Crippen molar-refractivity contribution in [1.29, 1.82) is 0 Å². The van der Waals surface area contributed by atoms with Crippen molar-refractivity contribution in [3.8, 4) is 0 Å². The highest BCUT2D eigenvalue weighted by Gasteiger charge is 2.29. The molecule has 0 unspecified atom stereocenters. The molecule has 0 saturated carbocycles. The number of likely N-dealkylation sites (tertiary alicyclic amines) is 2. The lowest BCUT2D eigenvalue weighted by Crippen LogP contribution is -2.49. The average molecular weight is 240 g/mol. The van der Waals surface area contributed by atoms with E-state index in [9.17, 15) is 4.79 Å². The molecule has 2 rings (SSSR count). The van der Waals surface area contributed by atoms with Crippen molar-refractivity contribution in [2.45, 2.75) is 31.7 Å². The number of rotatable bonds is 2. The van der Waals surface area contributed by atoms with E-state index in [0.717, 1.165) is 32.0 Å². The van der Waals surface area contributed by atoms with Gasteiger partial charge < -0.3 is 9.80 Å². The molecule has 0 atom stereocenters. The van der Waals surface area contributed by atoms with Gasteiger partial charge in [-0.3, -0.25) is 10.2 Å².